The van der Waals surface area contributed by atoms with E-state index in [9.17, 15) is 4.21 Å². The smallest absolute Gasteiger partial charge is 0.235 e. The maximum atomic E-state index is 13.6. The number of hydrogen-bond donors (Lipinski definition) is 0. The molecule has 7 nitrogen and oxygen atoms in total. The predicted octanol–water partition coefficient (Wildman–Crippen LogP) is 3.41. The van der Waals surface area contributed by atoms with Gasteiger partial charge in [0.15, 0.2) is 0 Å². The van der Waals surface area contributed by atoms with Gasteiger partial charge in [0.2, 0.25) is 11.8 Å². The summed E-state index contributed by atoms with van der Waals surface area (Å²) >= 11 is 0. The highest BCUT2D eigenvalue weighted by Gasteiger charge is 2.51. The summed E-state index contributed by atoms with van der Waals surface area (Å²) in [7, 11) is -1.37. The van der Waals surface area contributed by atoms with Gasteiger partial charge in [-0.1, -0.05) is 12.5 Å². The van der Waals surface area contributed by atoms with E-state index in [4.69, 9.17) is 14.5 Å². The van der Waals surface area contributed by atoms with Crippen LogP contribution in [0.2, 0.25) is 0 Å². The predicted molar refractivity (Wildman–Crippen MR) is 123 cm³/mol. The lowest BCUT2D eigenvalue weighted by Crippen LogP contribution is -2.35. The third-order valence-electron chi connectivity index (χ3n) is 6.65. The van der Waals surface area contributed by atoms with Crippen molar-refractivity contribution in [2.75, 3.05) is 32.8 Å². The van der Waals surface area contributed by atoms with Crippen molar-refractivity contribution in [1.82, 2.24) is 19.2 Å². The van der Waals surface area contributed by atoms with Crippen LogP contribution in [0.1, 0.15) is 48.9 Å². The first-order valence-electron chi connectivity index (χ1n) is 11.7. The minimum absolute atomic E-state index is 0.309. The van der Waals surface area contributed by atoms with Gasteiger partial charge < -0.3 is 9.47 Å². The monoisotopic (exact) mass is 456 g/mol. The van der Waals surface area contributed by atoms with E-state index in [0.29, 0.717) is 36.4 Å². The van der Waals surface area contributed by atoms with Gasteiger partial charge in [0.1, 0.15) is 28.1 Å². The first-order chi connectivity index (χ1) is 15.5. The Balaban J connectivity index is 1.35. The van der Waals surface area contributed by atoms with Gasteiger partial charge in [0.05, 0.1) is 18.8 Å². The summed E-state index contributed by atoms with van der Waals surface area (Å²) in [6, 6.07) is 5.90. The number of hydrogen-bond acceptors (Lipinski definition) is 6. The van der Waals surface area contributed by atoms with E-state index >= 15 is 0 Å². The Kier molecular flexibility index (Phi) is 6.18. The third kappa shape index (κ3) is 4.67. The molecule has 1 saturated heterocycles. The number of fused-ring (bicyclic) bond motifs is 1. The van der Waals surface area contributed by atoms with Crippen LogP contribution < -0.4 is 9.47 Å². The van der Waals surface area contributed by atoms with Crippen LogP contribution >= 0.6 is 0 Å². The van der Waals surface area contributed by atoms with Gasteiger partial charge in [0, 0.05) is 18.3 Å². The zero-order valence-electron chi connectivity index (χ0n) is 19.0. The van der Waals surface area contributed by atoms with Crippen LogP contribution in [0.3, 0.4) is 0 Å². The van der Waals surface area contributed by atoms with Crippen molar-refractivity contribution in [3.8, 4) is 11.8 Å². The topological polar surface area (TPSA) is 67.8 Å². The molecule has 1 saturated carbocycles. The Bertz CT molecular complexity index is 1000. The maximum absolute atomic E-state index is 13.6. The van der Waals surface area contributed by atoms with Crippen LogP contribution in [-0.4, -0.2) is 61.8 Å². The van der Waals surface area contributed by atoms with Crippen molar-refractivity contribution in [1.29, 1.82) is 0 Å². The van der Waals surface area contributed by atoms with E-state index < -0.39 is 11.0 Å². The van der Waals surface area contributed by atoms with Gasteiger partial charge in [-0.2, -0.15) is 4.98 Å². The van der Waals surface area contributed by atoms with Gasteiger partial charge in [-0.3, -0.25) is 9.88 Å². The van der Waals surface area contributed by atoms with Crippen molar-refractivity contribution in [3.63, 3.8) is 0 Å². The molecule has 5 rings (SSSR count). The molecule has 32 heavy (non-hydrogen) atoms. The number of rotatable bonds is 6. The minimum Gasteiger partial charge on any atom is -0.476 e. The molecule has 3 aliphatic rings. The molecule has 1 spiro atoms. The molecule has 0 aromatic carbocycles. The molecule has 0 amide bonds. The Hall–Kier alpha value is -2.03. The lowest BCUT2D eigenvalue weighted by molar-refractivity contribution is 0.141. The van der Waals surface area contributed by atoms with Gasteiger partial charge in [-0.05, 0) is 70.3 Å². The van der Waals surface area contributed by atoms with Crippen LogP contribution in [0.4, 0.5) is 0 Å². The Labute approximate surface area is 192 Å². The standard InChI is InChI=1S/C24H32N4O3S/c1-18-7-6-10-25-20(18)16-28-17-24(8-9-24)31-23-21(32(28)29)15-19(2)22(26-23)30-14-13-27-11-4-3-5-12-27/h6-7,10,15H,3-5,8-9,11-14,16-17H2,1-2H3. The fraction of sp³-hybridized carbons (Fsp3) is 0.583. The fourth-order valence-corrected chi connectivity index (χ4v) is 5.86. The summed E-state index contributed by atoms with van der Waals surface area (Å²) in [5, 5.41) is 0. The van der Waals surface area contributed by atoms with E-state index in [0.717, 1.165) is 49.3 Å². The van der Waals surface area contributed by atoms with Crippen LogP contribution in [0.5, 0.6) is 11.8 Å². The molecular formula is C24H32N4O3S. The van der Waals surface area contributed by atoms with Crippen LogP contribution in [0.15, 0.2) is 29.3 Å². The molecule has 0 radical (unpaired) electrons. The number of nitrogens with zero attached hydrogens (tertiary/aromatic N) is 4. The van der Waals surface area contributed by atoms with E-state index in [2.05, 4.69) is 9.88 Å². The molecule has 0 bridgehead atoms. The zero-order chi connectivity index (χ0) is 22.1. The summed E-state index contributed by atoms with van der Waals surface area (Å²) in [4.78, 5) is 12.3. The normalized spacial score (nSPS) is 22.8. The largest absolute Gasteiger partial charge is 0.476 e. The van der Waals surface area contributed by atoms with Crippen molar-refractivity contribution in [2.45, 2.75) is 63.0 Å². The molecule has 172 valence electrons. The fourth-order valence-electron chi connectivity index (χ4n) is 4.48. The lowest BCUT2D eigenvalue weighted by atomic mass is 10.1. The van der Waals surface area contributed by atoms with Crippen LogP contribution in [0, 0.1) is 13.8 Å². The summed E-state index contributed by atoms with van der Waals surface area (Å²) in [6.07, 6.45) is 7.55. The molecule has 2 aromatic heterocycles. The zero-order valence-corrected chi connectivity index (χ0v) is 19.8. The SMILES string of the molecule is Cc1cccnc1CN1CC2(CC2)Oc2nc(OCCN3CCCCC3)c(C)cc2S1=O. The number of pyridine rings is 2. The Morgan fingerprint density at radius 3 is 2.75 bits per heavy atom. The summed E-state index contributed by atoms with van der Waals surface area (Å²) in [5.41, 5.74) is 2.63. The van der Waals surface area contributed by atoms with E-state index in [-0.39, 0.29) is 5.60 Å². The Morgan fingerprint density at radius 1 is 1.19 bits per heavy atom. The van der Waals surface area contributed by atoms with Gasteiger partial charge in [0.25, 0.3) is 0 Å². The maximum Gasteiger partial charge on any atom is 0.235 e. The van der Waals surface area contributed by atoms with E-state index in [1.165, 1.54) is 19.3 Å². The van der Waals surface area contributed by atoms with Crippen LogP contribution in [-0.2, 0) is 17.5 Å². The second kappa shape index (κ2) is 9.08. The average Bonchev–Trinajstić information content (AvgIpc) is 3.57. The van der Waals surface area contributed by atoms with Crippen LogP contribution in [0.25, 0.3) is 0 Å². The average molecular weight is 457 g/mol. The molecule has 1 atom stereocenters. The summed E-state index contributed by atoms with van der Waals surface area (Å²) in [6.45, 7) is 8.95. The summed E-state index contributed by atoms with van der Waals surface area (Å²) < 4.78 is 28.0. The molecule has 4 heterocycles. The van der Waals surface area contributed by atoms with E-state index in [1.807, 2.05) is 36.4 Å². The van der Waals surface area contributed by atoms with Crippen molar-refractivity contribution in [3.05, 3.63) is 41.2 Å². The van der Waals surface area contributed by atoms with Gasteiger partial charge >= 0.3 is 0 Å². The quantitative estimate of drug-likeness (QED) is 0.664. The second-order valence-corrected chi connectivity index (χ2v) is 10.7. The number of aromatic nitrogens is 2. The molecule has 2 aliphatic heterocycles. The number of piperidine rings is 1. The number of aryl methyl sites for hydroxylation is 2. The highest BCUT2D eigenvalue weighted by molar-refractivity contribution is 7.82. The second-order valence-electron chi connectivity index (χ2n) is 9.26. The minimum atomic E-state index is -1.37. The molecule has 2 fully saturated rings. The van der Waals surface area contributed by atoms with Crippen molar-refractivity contribution >= 4 is 11.0 Å². The molecular weight excluding hydrogens is 424 g/mol. The molecule has 1 unspecified atom stereocenters. The van der Waals surface area contributed by atoms with Gasteiger partial charge in [-0.25, -0.2) is 8.51 Å². The first kappa shape index (κ1) is 21.8. The highest BCUT2D eigenvalue weighted by Crippen LogP contribution is 2.46. The number of ether oxygens (including phenoxy) is 2. The third-order valence-corrected chi connectivity index (χ3v) is 8.04. The van der Waals surface area contributed by atoms with Crippen molar-refractivity contribution < 1.29 is 13.7 Å². The molecule has 1 aliphatic carbocycles. The molecule has 0 N–H and O–H groups in total. The number of likely N-dealkylation sites (tertiary alicyclic amines) is 1. The lowest BCUT2D eigenvalue weighted by Gasteiger charge is -2.26. The molecule has 8 heteroatoms. The summed E-state index contributed by atoms with van der Waals surface area (Å²) in [5.74, 6) is 1.04. The Morgan fingerprint density at radius 2 is 2.00 bits per heavy atom. The highest BCUT2D eigenvalue weighted by atomic mass is 32.2. The molecule has 2 aromatic rings. The first-order valence-corrected chi connectivity index (χ1v) is 12.8. The van der Waals surface area contributed by atoms with Crippen molar-refractivity contribution in [2.24, 2.45) is 0 Å². The van der Waals surface area contributed by atoms with E-state index in [1.54, 1.807) is 6.20 Å². The van der Waals surface area contributed by atoms with Gasteiger partial charge in [-0.15, -0.1) is 0 Å².